The minimum Gasteiger partial charge on any atom is -0.465 e. The molecule has 5 nitrogen and oxygen atoms in total. The Morgan fingerprint density at radius 3 is 2.06 bits per heavy atom. The maximum atomic E-state index is 11.5. The lowest BCUT2D eigenvalue weighted by Crippen LogP contribution is -2.28. The molecule has 0 aliphatic heterocycles. The van der Waals surface area contributed by atoms with Gasteiger partial charge in [-0.3, -0.25) is 9.59 Å². The van der Waals surface area contributed by atoms with E-state index in [1.54, 1.807) is 13.8 Å². The van der Waals surface area contributed by atoms with Crippen LogP contribution in [0.2, 0.25) is 0 Å². The zero-order valence-electron chi connectivity index (χ0n) is 10.4. The Morgan fingerprint density at radius 2 is 1.65 bits per heavy atom. The van der Waals surface area contributed by atoms with Crippen LogP contribution in [0.25, 0.3) is 0 Å². The van der Waals surface area contributed by atoms with E-state index in [0.29, 0.717) is 25.7 Å². The Bertz CT molecular complexity index is 265. The van der Waals surface area contributed by atoms with Gasteiger partial charge in [0.1, 0.15) is 0 Å². The summed E-state index contributed by atoms with van der Waals surface area (Å²) < 4.78 is 9.65. The van der Waals surface area contributed by atoms with Gasteiger partial charge in [0.15, 0.2) is 5.92 Å². The lowest BCUT2D eigenvalue weighted by molar-refractivity contribution is -0.161. The molecule has 0 spiro atoms. The molecule has 0 N–H and O–H groups in total. The van der Waals surface area contributed by atoms with Crippen molar-refractivity contribution in [3.05, 3.63) is 0 Å². The molecular formula is C12H19NO4. The third kappa shape index (κ3) is 6.56. The largest absolute Gasteiger partial charge is 0.465 e. The molecule has 0 aliphatic rings. The van der Waals surface area contributed by atoms with Crippen LogP contribution in [0.15, 0.2) is 0 Å². The number of nitriles is 1. The molecule has 0 aliphatic carbocycles. The number of esters is 2. The van der Waals surface area contributed by atoms with E-state index in [4.69, 9.17) is 14.7 Å². The molecule has 17 heavy (non-hydrogen) atoms. The molecule has 0 unspecified atom stereocenters. The molecule has 0 radical (unpaired) electrons. The highest BCUT2D eigenvalue weighted by Gasteiger charge is 2.28. The molecule has 0 fully saturated rings. The van der Waals surface area contributed by atoms with Crippen LogP contribution in [0.4, 0.5) is 0 Å². The summed E-state index contributed by atoms with van der Waals surface area (Å²) in [6, 6.07) is 2.02. The van der Waals surface area contributed by atoms with Crippen LogP contribution in [0.5, 0.6) is 0 Å². The van der Waals surface area contributed by atoms with Gasteiger partial charge in [-0.25, -0.2) is 0 Å². The highest BCUT2D eigenvalue weighted by Crippen LogP contribution is 2.14. The van der Waals surface area contributed by atoms with Gasteiger partial charge >= 0.3 is 11.9 Å². The number of hydrogen-bond acceptors (Lipinski definition) is 5. The first-order valence-corrected chi connectivity index (χ1v) is 5.87. The van der Waals surface area contributed by atoms with E-state index in [1.165, 1.54) is 0 Å². The molecule has 0 amide bonds. The van der Waals surface area contributed by atoms with Gasteiger partial charge in [-0.15, -0.1) is 0 Å². The summed E-state index contributed by atoms with van der Waals surface area (Å²) >= 11 is 0. The fraction of sp³-hybridized carbons (Fsp3) is 0.750. The van der Waals surface area contributed by atoms with Crippen LogP contribution in [0.3, 0.4) is 0 Å². The van der Waals surface area contributed by atoms with Crippen LogP contribution in [0.1, 0.15) is 39.5 Å². The predicted octanol–water partition coefficient (Wildman–Crippen LogP) is 1.81. The van der Waals surface area contributed by atoms with Gasteiger partial charge in [0.2, 0.25) is 0 Å². The van der Waals surface area contributed by atoms with E-state index >= 15 is 0 Å². The first kappa shape index (κ1) is 15.4. The molecule has 0 rings (SSSR count). The van der Waals surface area contributed by atoms with Crippen LogP contribution < -0.4 is 0 Å². The molecule has 0 saturated heterocycles. The van der Waals surface area contributed by atoms with E-state index in [9.17, 15) is 9.59 Å². The molecular weight excluding hydrogens is 222 g/mol. The summed E-state index contributed by atoms with van der Waals surface area (Å²) in [6.45, 7) is 3.87. The van der Waals surface area contributed by atoms with Crippen LogP contribution in [-0.2, 0) is 19.1 Å². The summed E-state index contributed by atoms with van der Waals surface area (Å²) in [4.78, 5) is 23.1. The summed E-state index contributed by atoms with van der Waals surface area (Å²) in [5.41, 5.74) is 0. The maximum absolute atomic E-state index is 11.5. The Balaban J connectivity index is 4.25. The van der Waals surface area contributed by atoms with Gasteiger partial charge in [-0.05, 0) is 26.7 Å². The highest BCUT2D eigenvalue weighted by molar-refractivity contribution is 5.94. The molecule has 0 aromatic heterocycles. The van der Waals surface area contributed by atoms with Crippen molar-refractivity contribution in [2.45, 2.75) is 39.5 Å². The first-order chi connectivity index (χ1) is 8.17. The minimum atomic E-state index is -0.853. The summed E-state index contributed by atoms with van der Waals surface area (Å²) in [5.74, 6) is -1.93. The zero-order chi connectivity index (χ0) is 13.1. The van der Waals surface area contributed by atoms with Crippen LogP contribution >= 0.6 is 0 Å². The number of unbranched alkanes of at least 4 members (excludes halogenated alkanes) is 2. The van der Waals surface area contributed by atoms with Crippen molar-refractivity contribution >= 4 is 11.9 Å². The molecule has 0 heterocycles. The van der Waals surface area contributed by atoms with Gasteiger partial charge in [-0.2, -0.15) is 5.26 Å². The quantitative estimate of drug-likeness (QED) is 0.368. The van der Waals surface area contributed by atoms with Crippen LogP contribution in [0, 0.1) is 17.2 Å². The zero-order valence-corrected chi connectivity index (χ0v) is 10.4. The Hall–Kier alpha value is -1.57. The molecule has 0 bridgehead atoms. The maximum Gasteiger partial charge on any atom is 0.320 e. The Labute approximate surface area is 102 Å². The fourth-order valence-corrected chi connectivity index (χ4v) is 1.37. The van der Waals surface area contributed by atoms with Gasteiger partial charge in [0.25, 0.3) is 0 Å². The number of rotatable bonds is 8. The van der Waals surface area contributed by atoms with Crippen molar-refractivity contribution in [3.63, 3.8) is 0 Å². The van der Waals surface area contributed by atoms with E-state index < -0.39 is 17.9 Å². The second-order valence-electron chi connectivity index (χ2n) is 3.46. The lowest BCUT2D eigenvalue weighted by atomic mass is 10.0. The van der Waals surface area contributed by atoms with Gasteiger partial charge in [0.05, 0.1) is 19.3 Å². The third-order valence-corrected chi connectivity index (χ3v) is 2.17. The second-order valence-corrected chi connectivity index (χ2v) is 3.46. The van der Waals surface area contributed by atoms with Crippen molar-refractivity contribution in [2.24, 2.45) is 5.92 Å². The number of hydrogen-bond donors (Lipinski definition) is 0. The van der Waals surface area contributed by atoms with E-state index in [2.05, 4.69) is 0 Å². The van der Waals surface area contributed by atoms with E-state index in [0.717, 1.165) is 0 Å². The fourth-order valence-electron chi connectivity index (χ4n) is 1.37. The molecule has 0 atom stereocenters. The molecule has 96 valence electrons. The van der Waals surface area contributed by atoms with Gasteiger partial charge < -0.3 is 9.47 Å². The number of nitrogens with zero attached hydrogens (tertiary/aromatic N) is 1. The molecule has 0 saturated carbocycles. The standard InChI is InChI=1S/C12H19NO4/c1-3-16-11(14)10(12(15)17-4-2)8-6-5-7-9-13/h10H,3-8H2,1-2H3. The predicted molar refractivity (Wildman–Crippen MR) is 60.8 cm³/mol. The smallest absolute Gasteiger partial charge is 0.320 e. The first-order valence-electron chi connectivity index (χ1n) is 5.87. The molecule has 0 aromatic rings. The van der Waals surface area contributed by atoms with Gasteiger partial charge in [0, 0.05) is 6.42 Å². The molecule has 5 heteroatoms. The number of carbonyl (C=O) groups is 2. The minimum absolute atomic E-state index is 0.243. The van der Waals surface area contributed by atoms with Crippen molar-refractivity contribution in [1.82, 2.24) is 0 Å². The van der Waals surface area contributed by atoms with Crippen molar-refractivity contribution < 1.29 is 19.1 Å². The Morgan fingerprint density at radius 1 is 1.12 bits per heavy atom. The highest BCUT2D eigenvalue weighted by atomic mass is 16.6. The third-order valence-electron chi connectivity index (χ3n) is 2.17. The molecule has 0 aromatic carbocycles. The van der Waals surface area contributed by atoms with Crippen LogP contribution in [-0.4, -0.2) is 25.2 Å². The van der Waals surface area contributed by atoms with Crippen molar-refractivity contribution in [1.29, 1.82) is 5.26 Å². The average molecular weight is 241 g/mol. The van der Waals surface area contributed by atoms with Gasteiger partial charge in [-0.1, -0.05) is 6.42 Å². The summed E-state index contributed by atoms with van der Waals surface area (Å²) in [5, 5.41) is 8.39. The number of ether oxygens (including phenoxy) is 2. The van der Waals surface area contributed by atoms with E-state index in [1.807, 2.05) is 6.07 Å². The normalized spacial score (nSPS) is 9.76. The lowest BCUT2D eigenvalue weighted by Gasteiger charge is -2.13. The summed E-state index contributed by atoms with van der Waals surface area (Å²) in [6.07, 6.45) is 2.11. The van der Waals surface area contributed by atoms with Crippen molar-refractivity contribution in [2.75, 3.05) is 13.2 Å². The topological polar surface area (TPSA) is 76.4 Å². The monoisotopic (exact) mass is 241 g/mol. The second kappa shape index (κ2) is 9.64. The number of carbonyl (C=O) groups excluding carboxylic acids is 2. The SMILES string of the molecule is CCOC(=O)C(CCCCC#N)C(=O)OCC. The summed E-state index contributed by atoms with van der Waals surface area (Å²) in [7, 11) is 0. The average Bonchev–Trinajstić information content (AvgIpc) is 2.29. The van der Waals surface area contributed by atoms with Crippen molar-refractivity contribution in [3.8, 4) is 6.07 Å². The van der Waals surface area contributed by atoms with E-state index in [-0.39, 0.29) is 13.2 Å². The Kier molecular flexibility index (Phi) is 8.75.